The SMILES string of the molecule is CCCN1C(=O)C(C(C(=O)OCC)C(=O)OCC)N(CCCN(C)C)C1=O. The Bertz CT molecular complexity index is 533. The number of urea groups is 1. The van der Waals surface area contributed by atoms with E-state index in [-0.39, 0.29) is 26.3 Å². The van der Waals surface area contributed by atoms with E-state index >= 15 is 0 Å². The van der Waals surface area contributed by atoms with Crippen LogP contribution in [0.5, 0.6) is 0 Å². The normalized spacial score (nSPS) is 17.2. The van der Waals surface area contributed by atoms with Crippen molar-refractivity contribution in [3.05, 3.63) is 0 Å². The van der Waals surface area contributed by atoms with E-state index in [2.05, 4.69) is 0 Å². The molecule has 0 spiro atoms. The topological polar surface area (TPSA) is 96.5 Å². The van der Waals surface area contributed by atoms with Gasteiger partial charge in [-0.2, -0.15) is 0 Å². The second kappa shape index (κ2) is 10.9. The van der Waals surface area contributed by atoms with Gasteiger partial charge in [0.25, 0.3) is 5.91 Å². The van der Waals surface area contributed by atoms with Gasteiger partial charge in [-0.05, 0) is 47.3 Å². The third-order valence-electron chi connectivity index (χ3n) is 4.18. The summed E-state index contributed by atoms with van der Waals surface area (Å²) >= 11 is 0. The zero-order valence-electron chi connectivity index (χ0n) is 16.9. The number of nitrogens with zero attached hydrogens (tertiary/aromatic N) is 3. The molecule has 0 aromatic carbocycles. The van der Waals surface area contributed by atoms with Crippen LogP contribution in [-0.4, -0.2) is 91.6 Å². The minimum Gasteiger partial charge on any atom is -0.465 e. The Balaban J connectivity index is 3.21. The van der Waals surface area contributed by atoms with E-state index in [1.807, 2.05) is 25.9 Å². The molecule has 0 aliphatic carbocycles. The monoisotopic (exact) mass is 385 g/mol. The van der Waals surface area contributed by atoms with Crippen molar-refractivity contribution in [3.8, 4) is 0 Å². The lowest BCUT2D eigenvalue weighted by atomic mass is 9.98. The molecule has 154 valence electrons. The van der Waals surface area contributed by atoms with Crippen LogP contribution in [0.2, 0.25) is 0 Å². The number of hydrogen-bond donors (Lipinski definition) is 0. The molecule has 0 N–H and O–H groups in total. The van der Waals surface area contributed by atoms with Crippen LogP contribution < -0.4 is 0 Å². The van der Waals surface area contributed by atoms with Crippen molar-refractivity contribution in [2.45, 2.75) is 39.7 Å². The molecule has 1 unspecified atom stereocenters. The lowest BCUT2D eigenvalue weighted by Crippen LogP contribution is -2.49. The molecule has 3 amide bonds. The third-order valence-corrected chi connectivity index (χ3v) is 4.18. The van der Waals surface area contributed by atoms with Gasteiger partial charge in [0.15, 0.2) is 5.92 Å². The number of ether oxygens (including phenoxy) is 2. The Kier molecular flexibility index (Phi) is 9.20. The number of carbonyl (C=O) groups excluding carboxylic acids is 4. The highest BCUT2D eigenvalue weighted by Gasteiger charge is 2.54. The highest BCUT2D eigenvalue weighted by atomic mass is 16.6. The Morgan fingerprint density at radius 3 is 2.04 bits per heavy atom. The van der Waals surface area contributed by atoms with Crippen LogP contribution in [0.4, 0.5) is 4.79 Å². The average Bonchev–Trinajstić information content (AvgIpc) is 2.81. The van der Waals surface area contributed by atoms with Crippen molar-refractivity contribution < 1.29 is 28.7 Å². The molecule has 1 fully saturated rings. The van der Waals surface area contributed by atoms with Crippen LogP contribution in [0.15, 0.2) is 0 Å². The Hall–Kier alpha value is -2.16. The first-order valence-electron chi connectivity index (χ1n) is 9.39. The molecule has 9 heteroatoms. The quantitative estimate of drug-likeness (QED) is 0.294. The van der Waals surface area contributed by atoms with E-state index in [4.69, 9.17) is 9.47 Å². The minimum atomic E-state index is -1.48. The molecule has 1 aliphatic rings. The van der Waals surface area contributed by atoms with Gasteiger partial charge in [-0.25, -0.2) is 4.79 Å². The maximum atomic E-state index is 12.9. The van der Waals surface area contributed by atoms with Crippen molar-refractivity contribution in [3.63, 3.8) is 0 Å². The summed E-state index contributed by atoms with van der Waals surface area (Å²) in [6.45, 7) is 6.37. The summed E-state index contributed by atoms with van der Waals surface area (Å²) in [6.07, 6.45) is 1.18. The molecule has 1 aliphatic heterocycles. The lowest BCUT2D eigenvalue weighted by molar-refractivity contribution is -0.166. The predicted molar refractivity (Wildman–Crippen MR) is 97.8 cm³/mol. The average molecular weight is 385 g/mol. The molecule has 1 atom stereocenters. The molecule has 1 rings (SSSR count). The summed E-state index contributed by atoms with van der Waals surface area (Å²) in [6, 6.07) is -1.71. The van der Waals surface area contributed by atoms with Crippen molar-refractivity contribution >= 4 is 23.9 Å². The van der Waals surface area contributed by atoms with Gasteiger partial charge in [0.1, 0.15) is 6.04 Å². The number of amides is 3. The standard InChI is InChI=1S/C18H31N3O6/c1-6-10-21-15(22)14(20(18(21)25)12-9-11-19(4)5)13(16(23)26-7-2)17(24)27-8-3/h13-14H,6-12H2,1-5H3. The molecule has 9 nitrogen and oxygen atoms in total. The number of esters is 2. The number of imide groups is 1. The van der Waals surface area contributed by atoms with Crippen molar-refractivity contribution in [2.24, 2.45) is 5.92 Å². The van der Waals surface area contributed by atoms with Crippen LogP contribution >= 0.6 is 0 Å². The van der Waals surface area contributed by atoms with Crippen LogP contribution in [0.1, 0.15) is 33.6 Å². The Labute approximate surface area is 160 Å². The lowest BCUT2D eigenvalue weighted by Gasteiger charge is -2.26. The Morgan fingerprint density at radius 1 is 1.04 bits per heavy atom. The first-order chi connectivity index (χ1) is 12.8. The van der Waals surface area contributed by atoms with Crippen LogP contribution in [0.3, 0.4) is 0 Å². The number of rotatable bonds is 11. The zero-order valence-corrected chi connectivity index (χ0v) is 16.9. The first-order valence-corrected chi connectivity index (χ1v) is 9.39. The van der Waals surface area contributed by atoms with Gasteiger partial charge in [-0.15, -0.1) is 0 Å². The van der Waals surface area contributed by atoms with E-state index in [9.17, 15) is 19.2 Å². The molecule has 0 saturated carbocycles. The molecule has 0 aromatic rings. The first kappa shape index (κ1) is 22.9. The molecule has 0 bridgehead atoms. The summed E-state index contributed by atoms with van der Waals surface area (Å²) in [5.74, 6) is -3.74. The maximum Gasteiger partial charge on any atom is 0.327 e. The smallest absolute Gasteiger partial charge is 0.327 e. The summed E-state index contributed by atoms with van der Waals surface area (Å²) < 4.78 is 9.99. The summed E-state index contributed by atoms with van der Waals surface area (Å²) in [4.78, 5) is 54.9. The van der Waals surface area contributed by atoms with E-state index in [1.165, 1.54) is 4.90 Å². The molecule has 1 saturated heterocycles. The molecule has 27 heavy (non-hydrogen) atoms. The summed E-state index contributed by atoms with van der Waals surface area (Å²) in [5, 5.41) is 0. The van der Waals surface area contributed by atoms with Crippen molar-refractivity contribution in [2.75, 3.05) is 46.9 Å². The predicted octanol–water partition coefficient (Wildman–Crippen LogP) is 0.723. The number of hydrogen-bond acceptors (Lipinski definition) is 7. The minimum absolute atomic E-state index is 0.0584. The molecule has 1 heterocycles. The number of carbonyl (C=O) groups is 4. The molecule has 0 radical (unpaired) electrons. The van der Waals surface area contributed by atoms with E-state index in [0.29, 0.717) is 19.4 Å². The molecular weight excluding hydrogens is 354 g/mol. The molecular formula is C18H31N3O6. The largest absolute Gasteiger partial charge is 0.465 e. The van der Waals surface area contributed by atoms with Gasteiger partial charge in [0, 0.05) is 13.1 Å². The van der Waals surface area contributed by atoms with Gasteiger partial charge in [0.2, 0.25) is 0 Å². The fourth-order valence-corrected chi connectivity index (χ4v) is 3.02. The summed E-state index contributed by atoms with van der Waals surface area (Å²) in [7, 11) is 3.80. The van der Waals surface area contributed by atoms with Crippen molar-refractivity contribution in [1.82, 2.24) is 14.7 Å². The fraction of sp³-hybridized carbons (Fsp3) is 0.778. The van der Waals surface area contributed by atoms with Crippen LogP contribution in [-0.2, 0) is 23.9 Å². The second-order valence-corrected chi connectivity index (χ2v) is 6.55. The summed E-state index contributed by atoms with van der Waals surface area (Å²) in [5.41, 5.74) is 0. The van der Waals surface area contributed by atoms with Gasteiger partial charge >= 0.3 is 18.0 Å². The van der Waals surface area contributed by atoms with Gasteiger partial charge < -0.3 is 19.3 Å². The van der Waals surface area contributed by atoms with E-state index in [0.717, 1.165) is 4.90 Å². The van der Waals surface area contributed by atoms with E-state index in [1.54, 1.807) is 13.8 Å². The van der Waals surface area contributed by atoms with Crippen LogP contribution in [0, 0.1) is 5.92 Å². The highest BCUT2D eigenvalue weighted by molar-refractivity contribution is 6.10. The van der Waals surface area contributed by atoms with Crippen molar-refractivity contribution in [1.29, 1.82) is 0 Å². The molecule has 0 aromatic heterocycles. The van der Waals surface area contributed by atoms with E-state index < -0.39 is 35.8 Å². The highest BCUT2D eigenvalue weighted by Crippen LogP contribution is 2.26. The maximum absolute atomic E-state index is 12.9. The van der Waals surface area contributed by atoms with Gasteiger partial charge in [-0.3, -0.25) is 19.3 Å². The van der Waals surface area contributed by atoms with Gasteiger partial charge in [0.05, 0.1) is 13.2 Å². The zero-order chi connectivity index (χ0) is 20.6. The second-order valence-electron chi connectivity index (χ2n) is 6.55. The van der Waals surface area contributed by atoms with Gasteiger partial charge in [-0.1, -0.05) is 6.92 Å². The Morgan fingerprint density at radius 2 is 1.59 bits per heavy atom. The fourth-order valence-electron chi connectivity index (χ4n) is 3.02. The third kappa shape index (κ3) is 5.66. The van der Waals surface area contributed by atoms with Crippen LogP contribution in [0.25, 0.3) is 0 Å².